The molecular formula is C26H25ClN6O5S. The van der Waals surface area contributed by atoms with Crippen molar-refractivity contribution in [3.8, 4) is 11.4 Å². The minimum atomic E-state index is -4.02. The van der Waals surface area contributed by atoms with Gasteiger partial charge in [-0.2, -0.15) is 8.42 Å². The van der Waals surface area contributed by atoms with Crippen LogP contribution in [0.1, 0.15) is 12.5 Å². The summed E-state index contributed by atoms with van der Waals surface area (Å²) in [5.74, 6) is 1.16. The minimum Gasteiger partial charge on any atom is -0.377 e. The SMILES string of the molecule is C[C@@H]1COCCN1c1nc(Cl)cc2[nH]c(-c3cc4cnccc4[nH]c3=O)nc12.Cc1ccc(S(=O)(=O)O)cc1. The van der Waals surface area contributed by atoms with E-state index in [1.165, 1.54) is 12.1 Å². The topological polar surface area (TPSA) is 154 Å². The first-order chi connectivity index (χ1) is 18.6. The summed E-state index contributed by atoms with van der Waals surface area (Å²) in [4.78, 5) is 34.1. The van der Waals surface area contributed by atoms with Crippen LogP contribution in [0.5, 0.6) is 0 Å². The molecule has 1 aliphatic rings. The molecule has 0 radical (unpaired) electrons. The van der Waals surface area contributed by atoms with Crippen LogP contribution < -0.4 is 10.5 Å². The largest absolute Gasteiger partial charge is 0.377 e. The van der Waals surface area contributed by atoms with Gasteiger partial charge >= 0.3 is 0 Å². The molecule has 4 aromatic heterocycles. The maximum Gasteiger partial charge on any atom is 0.294 e. The Morgan fingerprint density at radius 3 is 2.59 bits per heavy atom. The number of hydrogen-bond acceptors (Lipinski definition) is 8. The number of rotatable bonds is 3. The number of ether oxygens (including phenoxy) is 1. The van der Waals surface area contributed by atoms with Gasteiger partial charge in [0.15, 0.2) is 5.82 Å². The van der Waals surface area contributed by atoms with Gasteiger partial charge in [0.2, 0.25) is 0 Å². The highest BCUT2D eigenvalue weighted by atomic mass is 35.5. The van der Waals surface area contributed by atoms with Crippen molar-refractivity contribution in [3.05, 3.63) is 75.9 Å². The second-order valence-corrected chi connectivity index (χ2v) is 10.9. The first kappa shape index (κ1) is 26.8. The van der Waals surface area contributed by atoms with E-state index < -0.39 is 10.1 Å². The van der Waals surface area contributed by atoms with Crippen molar-refractivity contribution in [3.63, 3.8) is 0 Å². The monoisotopic (exact) mass is 568 g/mol. The van der Waals surface area contributed by atoms with Gasteiger partial charge in [-0.3, -0.25) is 14.3 Å². The Labute approximate surface area is 228 Å². The maximum absolute atomic E-state index is 12.6. The molecule has 1 aromatic carbocycles. The van der Waals surface area contributed by atoms with E-state index >= 15 is 0 Å². The van der Waals surface area contributed by atoms with Gasteiger partial charge in [-0.05, 0) is 38.1 Å². The predicted molar refractivity (Wildman–Crippen MR) is 149 cm³/mol. The van der Waals surface area contributed by atoms with E-state index in [0.717, 1.165) is 22.0 Å². The smallest absolute Gasteiger partial charge is 0.294 e. The van der Waals surface area contributed by atoms with E-state index in [4.69, 9.17) is 25.9 Å². The Bertz CT molecular complexity index is 1820. The molecule has 0 saturated carbocycles. The van der Waals surface area contributed by atoms with E-state index in [9.17, 15) is 13.2 Å². The average Bonchev–Trinajstić information content (AvgIpc) is 3.32. The molecule has 5 heterocycles. The first-order valence-corrected chi connectivity index (χ1v) is 13.8. The standard InChI is InChI=1S/C19H17ClN6O2.C7H8O3S/c1-10-9-28-5-4-26(10)18-16-14(7-15(20)24-18)22-17(25-16)12-6-11-8-21-3-2-13(11)23-19(12)27;1-6-2-4-7(5-3-6)11(8,9)10/h2-3,6-8,10H,4-5,9H2,1H3,(H,22,25)(H,23,27);2-5H,1H3,(H,8,9,10)/t10-;/m1./s1. The summed E-state index contributed by atoms with van der Waals surface area (Å²) >= 11 is 6.26. The number of H-pyrrole nitrogens is 2. The number of pyridine rings is 3. The summed E-state index contributed by atoms with van der Waals surface area (Å²) in [5.41, 5.74) is 3.31. The number of aromatic nitrogens is 5. The molecule has 1 fully saturated rings. The van der Waals surface area contributed by atoms with Gasteiger partial charge in [0.05, 0.1) is 40.7 Å². The fourth-order valence-corrected chi connectivity index (χ4v) is 4.94. The molecule has 0 spiro atoms. The lowest BCUT2D eigenvalue weighted by Gasteiger charge is -2.34. The number of nitrogens with zero attached hydrogens (tertiary/aromatic N) is 4. The second kappa shape index (κ2) is 10.7. The molecule has 202 valence electrons. The molecule has 0 aliphatic carbocycles. The Morgan fingerprint density at radius 1 is 1.10 bits per heavy atom. The molecular weight excluding hydrogens is 544 g/mol. The quantitative estimate of drug-likeness (QED) is 0.216. The highest BCUT2D eigenvalue weighted by Gasteiger charge is 2.25. The van der Waals surface area contributed by atoms with Crippen molar-refractivity contribution < 1.29 is 17.7 Å². The van der Waals surface area contributed by atoms with Crippen LogP contribution in [0, 0.1) is 6.92 Å². The van der Waals surface area contributed by atoms with Crippen LogP contribution in [0.15, 0.2) is 64.5 Å². The van der Waals surface area contributed by atoms with Crippen molar-refractivity contribution in [1.29, 1.82) is 0 Å². The Morgan fingerprint density at radius 2 is 1.87 bits per heavy atom. The van der Waals surface area contributed by atoms with Gasteiger partial charge in [0.25, 0.3) is 15.7 Å². The first-order valence-electron chi connectivity index (χ1n) is 12.0. The number of aromatic amines is 2. The molecule has 13 heteroatoms. The van der Waals surface area contributed by atoms with Crippen molar-refractivity contribution in [1.82, 2.24) is 24.9 Å². The molecule has 1 atom stereocenters. The van der Waals surface area contributed by atoms with E-state index in [2.05, 4.69) is 31.8 Å². The number of aryl methyl sites for hydroxylation is 1. The summed E-state index contributed by atoms with van der Waals surface area (Å²) in [6, 6.07) is 11.4. The number of benzene rings is 1. The number of anilines is 1. The van der Waals surface area contributed by atoms with Crippen LogP contribution >= 0.6 is 11.6 Å². The fourth-order valence-electron chi connectivity index (χ4n) is 4.27. The zero-order valence-electron chi connectivity index (χ0n) is 21.1. The zero-order chi connectivity index (χ0) is 27.7. The highest BCUT2D eigenvalue weighted by molar-refractivity contribution is 7.85. The van der Waals surface area contributed by atoms with Gasteiger partial charge in [-0.25, -0.2) is 9.97 Å². The van der Waals surface area contributed by atoms with Crippen LogP contribution in [-0.4, -0.2) is 63.7 Å². The Balaban J connectivity index is 0.000000237. The molecule has 5 aromatic rings. The number of hydrogen-bond donors (Lipinski definition) is 3. The van der Waals surface area contributed by atoms with Crippen LogP contribution in [0.4, 0.5) is 5.82 Å². The molecule has 11 nitrogen and oxygen atoms in total. The lowest BCUT2D eigenvalue weighted by Crippen LogP contribution is -2.44. The van der Waals surface area contributed by atoms with Gasteiger partial charge in [-0.15, -0.1) is 0 Å². The van der Waals surface area contributed by atoms with E-state index in [1.54, 1.807) is 42.7 Å². The van der Waals surface area contributed by atoms with E-state index in [-0.39, 0.29) is 16.5 Å². The lowest BCUT2D eigenvalue weighted by molar-refractivity contribution is 0.0987. The van der Waals surface area contributed by atoms with Crippen molar-refractivity contribution >= 4 is 49.5 Å². The third-order valence-electron chi connectivity index (χ3n) is 6.28. The van der Waals surface area contributed by atoms with E-state index in [1.807, 2.05) is 6.92 Å². The predicted octanol–water partition coefficient (Wildman–Crippen LogP) is 3.98. The number of nitrogens with one attached hydrogen (secondary N) is 2. The Kier molecular flexibility index (Phi) is 7.36. The molecule has 0 amide bonds. The van der Waals surface area contributed by atoms with Crippen LogP contribution in [0.25, 0.3) is 33.3 Å². The van der Waals surface area contributed by atoms with Crippen LogP contribution in [0.3, 0.4) is 0 Å². The van der Waals surface area contributed by atoms with E-state index in [0.29, 0.717) is 47.6 Å². The number of morpholine rings is 1. The van der Waals surface area contributed by atoms with Gasteiger partial charge < -0.3 is 19.6 Å². The van der Waals surface area contributed by atoms with Gasteiger partial charge in [0.1, 0.15) is 16.5 Å². The summed E-state index contributed by atoms with van der Waals surface area (Å²) < 4.78 is 35.1. The van der Waals surface area contributed by atoms with Crippen LogP contribution in [0.2, 0.25) is 5.15 Å². The average molecular weight is 569 g/mol. The third-order valence-corrected chi connectivity index (χ3v) is 7.34. The highest BCUT2D eigenvalue weighted by Crippen LogP contribution is 2.30. The molecule has 1 aliphatic heterocycles. The molecule has 6 rings (SSSR count). The molecule has 0 unspecified atom stereocenters. The lowest BCUT2D eigenvalue weighted by atomic mass is 10.2. The molecule has 3 N–H and O–H groups in total. The molecule has 39 heavy (non-hydrogen) atoms. The third kappa shape index (κ3) is 5.78. The van der Waals surface area contributed by atoms with Crippen molar-refractivity contribution in [2.75, 3.05) is 24.7 Å². The normalized spacial score (nSPS) is 15.8. The summed E-state index contributed by atoms with van der Waals surface area (Å²) in [7, 11) is -4.02. The van der Waals surface area contributed by atoms with Crippen molar-refractivity contribution in [2.45, 2.75) is 24.8 Å². The second-order valence-electron chi connectivity index (χ2n) is 9.13. The number of fused-ring (bicyclic) bond motifs is 2. The Hall–Kier alpha value is -3.84. The summed E-state index contributed by atoms with van der Waals surface area (Å²) in [6.07, 6.45) is 3.35. The fraction of sp³-hybridized carbons (Fsp3) is 0.231. The molecule has 0 bridgehead atoms. The number of halogens is 1. The number of imidazole rings is 1. The van der Waals surface area contributed by atoms with Gasteiger partial charge in [0, 0.05) is 30.4 Å². The van der Waals surface area contributed by atoms with Crippen molar-refractivity contribution in [2.24, 2.45) is 0 Å². The minimum absolute atomic E-state index is 0.0666. The van der Waals surface area contributed by atoms with Crippen LogP contribution in [-0.2, 0) is 14.9 Å². The summed E-state index contributed by atoms with van der Waals surface area (Å²) in [6.45, 7) is 5.85. The molecule has 1 saturated heterocycles. The maximum atomic E-state index is 12.6. The zero-order valence-corrected chi connectivity index (χ0v) is 22.6. The summed E-state index contributed by atoms with van der Waals surface area (Å²) in [5, 5.41) is 1.20. The van der Waals surface area contributed by atoms with Gasteiger partial charge in [-0.1, -0.05) is 29.3 Å².